The summed E-state index contributed by atoms with van der Waals surface area (Å²) in [7, 11) is -0.117. The van der Waals surface area contributed by atoms with Crippen molar-refractivity contribution in [3.63, 3.8) is 0 Å². The number of imide groups is 1. The highest BCUT2D eigenvalue weighted by atomic mass is 32.2. The Balaban J connectivity index is 1.52. The molecule has 0 aromatic heterocycles. The Labute approximate surface area is 176 Å². The Hall–Kier alpha value is -2.91. The van der Waals surface area contributed by atoms with Crippen LogP contribution in [0.5, 0.6) is 5.75 Å². The predicted octanol–water partition coefficient (Wildman–Crippen LogP) is 2.15. The first-order valence-electron chi connectivity index (χ1n) is 9.62. The predicted molar refractivity (Wildman–Crippen MR) is 114 cm³/mol. The van der Waals surface area contributed by atoms with Crippen molar-refractivity contribution in [2.75, 3.05) is 37.0 Å². The molecule has 30 heavy (non-hydrogen) atoms. The third-order valence-corrected chi connectivity index (χ3v) is 6.41. The Morgan fingerprint density at radius 1 is 1.00 bits per heavy atom. The number of nitrogens with one attached hydrogen (secondary N) is 1. The van der Waals surface area contributed by atoms with Crippen LogP contribution in [0.4, 0.5) is 11.4 Å². The van der Waals surface area contributed by atoms with Crippen LogP contribution in [0, 0.1) is 0 Å². The fourth-order valence-electron chi connectivity index (χ4n) is 3.21. The van der Waals surface area contributed by atoms with Crippen molar-refractivity contribution in [3.8, 4) is 5.75 Å². The van der Waals surface area contributed by atoms with E-state index in [-0.39, 0.29) is 36.1 Å². The number of anilines is 2. The summed E-state index contributed by atoms with van der Waals surface area (Å²) in [5.74, 6) is 0.244. The molecule has 2 aromatic rings. The van der Waals surface area contributed by atoms with Crippen LogP contribution in [0.15, 0.2) is 53.4 Å². The van der Waals surface area contributed by atoms with Gasteiger partial charge in [0.05, 0.1) is 17.7 Å². The number of carbonyl (C=O) groups excluding carboxylic acids is 2. The first-order valence-corrected chi connectivity index (χ1v) is 11.1. The largest absolute Gasteiger partial charge is 0.497 e. The van der Waals surface area contributed by atoms with Crippen molar-refractivity contribution < 1.29 is 22.7 Å². The van der Waals surface area contributed by atoms with Crippen molar-refractivity contribution in [3.05, 3.63) is 48.5 Å². The molecule has 0 bridgehead atoms. The van der Waals surface area contributed by atoms with Crippen LogP contribution in [0.25, 0.3) is 0 Å². The Morgan fingerprint density at radius 3 is 2.17 bits per heavy atom. The molecule has 1 N–H and O–H groups in total. The van der Waals surface area contributed by atoms with Crippen LogP contribution < -0.4 is 19.3 Å². The number of carbonyl (C=O) groups is 2. The molecule has 1 fully saturated rings. The van der Waals surface area contributed by atoms with E-state index in [9.17, 15) is 18.0 Å². The quantitative estimate of drug-likeness (QED) is 0.483. The van der Waals surface area contributed by atoms with Crippen molar-refractivity contribution in [2.24, 2.45) is 0 Å². The second kappa shape index (κ2) is 9.27. The highest BCUT2D eigenvalue weighted by Gasteiger charge is 2.30. The van der Waals surface area contributed by atoms with Crippen LogP contribution in [0.1, 0.15) is 19.3 Å². The van der Waals surface area contributed by atoms with E-state index in [1.807, 2.05) is 36.2 Å². The molecule has 9 heteroatoms. The van der Waals surface area contributed by atoms with Gasteiger partial charge >= 0.3 is 0 Å². The molecule has 2 amide bonds. The number of nitrogens with zero attached hydrogens (tertiary/aromatic N) is 2. The van der Waals surface area contributed by atoms with Gasteiger partial charge < -0.3 is 9.64 Å². The average Bonchev–Trinajstić information content (AvgIpc) is 3.09. The van der Waals surface area contributed by atoms with E-state index in [4.69, 9.17) is 4.74 Å². The van der Waals surface area contributed by atoms with Gasteiger partial charge in [-0.2, -0.15) is 0 Å². The zero-order valence-electron chi connectivity index (χ0n) is 17.0. The Bertz CT molecular complexity index is 988. The molecule has 3 rings (SSSR count). The lowest BCUT2D eigenvalue weighted by molar-refractivity contribution is -0.121. The summed E-state index contributed by atoms with van der Waals surface area (Å²) >= 11 is 0. The lowest BCUT2D eigenvalue weighted by Crippen LogP contribution is -2.29. The maximum Gasteiger partial charge on any atom is 0.240 e. The second-order valence-electron chi connectivity index (χ2n) is 6.99. The second-order valence-corrected chi connectivity index (χ2v) is 8.75. The minimum absolute atomic E-state index is 0.0915. The lowest BCUT2D eigenvalue weighted by Gasteiger charge is -2.19. The summed E-state index contributed by atoms with van der Waals surface area (Å²) in [6.45, 7) is 0.959. The fourth-order valence-corrected chi connectivity index (χ4v) is 4.28. The van der Waals surface area contributed by atoms with E-state index >= 15 is 0 Å². The lowest BCUT2D eigenvalue weighted by atomic mass is 10.2. The third kappa shape index (κ3) is 4.98. The van der Waals surface area contributed by atoms with Crippen LogP contribution in [-0.2, 0) is 19.6 Å². The van der Waals surface area contributed by atoms with Gasteiger partial charge in [0.2, 0.25) is 21.8 Å². The highest BCUT2D eigenvalue weighted by molar-refractivity contribution is 7.89. The molecule has 1 saturated heterocycles. The molecule has 0 spiro atoms. The highest BCUT2D eigenvalue weighted by Crippen LogP contribution is 2.24. The summed E-state index contributed by atoms with van der Waals surface area (Å²) < 4.78 is 32.7. The van der Waals surface area contributed by atoms with E-state index in [0.717, 1.165) is 16.3 Å². The molecule has 0 radical (unpaired) electrons. The number of benzene rings is 2. The van der Waals surface area contributed by atoms with Gasteiger partial charge in [0.25, 0.3) is 0 Å². The minimum Gasteiger partial charge on any atom is -0.497 e. The maximum atomic E-state index is 12.5. The molecule has 160 valence electrons. The molecule has 0 unspecified atom stereocenters. The summed E-state index contributed by atoms with van der Waals surface area (Å²) in [5, 5.41) is 0. The van der Waals surface area contributed by atoms with Crippen LogP contribution in [0.2, 0.25) is 0 Å². The van der Waals surface area contributed by atoms with Crippen LogP contribution in [-0.4, -0.2) is 47.5 Å². The van der Waals surface area contributed by atoms with Gasteiger partial charge in [0.1, 0.15) is 5.75 Å². The molecule has 0 atom stereocenters. The van der Waals surface area contributed by atoms with E-state index in [1.165, 1.54) is 24.3 Å². The Kier molecular flexibility index (Phi) is 6.73. The van der Waals surface area contributed by atoms with Gasteiger partial charge in [0.15, 0.2) is 0 Å². The smallest absolute Gasteiger partial charge is 0.240 e. The average molecular weight is 432 g/mol. The van der Waals surface area contributed by atoms with E-state index in [1.54, 1.807) is 7.11 Å². The molecule has 8 nitrogen and oxygen atoms in total. The maximum absolute atomic E-state index is 12.5. The number of hydrogen-bond donors (Lipinski definition) is 1. The Morgan fingerprint density at radius 2 is 1.60 bits per heavy atom. The van der Waals surface area contributed by atoms with Crippen molar-refractivity contribution in [1.82, 2.24) is 4.72 Å². The number of hydrogen-bond acceptors (Lipinski definition) is 6. The number of ether oxygens (including phenoxy) is 1. The number of rotatable bonds is 9. The molecular formula is C21H25N3O5S. The zero-order chi connectivity index (χ0) is 21.7. The van der Waals surface area contributed by atoms with Crippen LogP contribution in [0.3, 0.4) is 0 Å². The summed E-state index contributed by atoms with van der Waals surface area (Å²) in [4.78, 5) is 26.8. The molecule has 2 aromatic carbocycles. The summed E-state index contributed by atoms with van der Waals surface area (Å²) in [6, 6.07) is 13.4. The fraction of sp³-hybridized carbons (Fsp3) is 0.333. The van der Waals surface area contributed by atoms with Gasteiger partial charge in [-0.05, 0) is 55.0 Å². The van der Waals surface area contributed by atoms with Crippen molar-refractivity contribution >= 4 is 33.2 Å². The molecule has 0 aliphatic carbocycles. The molecule has 0 saturated carbocycles. The minimum atomic E-state index is -3.67. The number of amides is 2. The standard InChI is InChI=1S/C21H25N3O5S/c1-23(16-4-8-18(29-2)9-5-16)15-3-14-22-30(27,28)19-10-6-17(7-11-19)24-20(25)12-13-21(24)26/h4-11,22H,3,12-15H2,1-2H3. The molecule has 1 aliphatic rings. The SMILES string of the molecule is COc1ccc(N(C)CCCNS(=O)(=O)c2ccc(N3C(=O)CCC3=O)cc2)cc1. The molecule has 1 aliphatic heterocycles. The first-order chi connectivity index (χ1) is 14.3. The molecular weight excluding hydrogens is 406 g/mol. The van der Waals surface area contributed by atoms with Crippen LogP contribution >= 0.6 is 0 Å². The first kappa shape index (κ1) is 21.8. The van der Waals surface area contributed by atoms with Crippen molar-refractivity contribution in [1.29, 1.82) is 0 Å². The summed E-state index contributed by atoms with van der Waals surface area (Å²) in [6.07, 6.45) is 0.993. The molecule has 1 heterocycles. The number of sulfonamides is 1. The van der Waals surface area contributed by atoms with Gasteiger partial charge in [0, 0.05) is 38.7 Å². The van der Waals surface area contributed by atoms with Gasteiger partial charge in [-0.1, -0.05) is 0 Å². The third-order valence-electron chi connectivity index (χ3n) is 4.93. The summed E-state index contributed by atoms with van der Waals surface area (Å²) in [5.41, 5.74) is 1.41. The van der Waals surface area contributed by atoms with Gasteiger partial charge in [-0.25, -0.2) is 13.1 Å². The zero-order valence-corrected chi connectivity index (χ0v) is 17.8. The van der Waals surface area contributed by atoms with E-state index in [2.05, 4.69) is 4.72 Å². The van der Waals surface area contributed by atoms with Gasteiger partial charge in [-0.3, -0.25) is 14.5 Å². The number of methoxy groups -OCH3 is 1. The van der Waals surface area contributed by atoms with Gasteiger partial charge in [-0.15, -0.1) is 0 Å². The van der Waals surface area contributed by atoms with Crippen molar-refractivity contribution in [2.45, 2.75) is 24.2 Å². The normalized spacial score (nSPS) is 14.3. The monoisotopic (exact) mass is 431 g/mol. The van der Waals surface area contributed by atoms with E-state index < -0.39 is 10.0 Å². The topological polar surface area (TPSA) is 96.0 Å². The van der Waals surface area contributed by atoms with E-state index in [0.29, 0.717) is 18.7 Å².